The largest absolute Gasteiger partial charge is 0.508 e. The number of nitrogens with zero attached hydrogens (tertiary/aromatic N) is 1. The van der Waals surface area contributed by atoms with Crippen LogP contribution >= 0.6 is 23.2 Å². The van der Waals surface area contributed by atoms with Crippen molar-refractivity contribution in [3.05, 3.63) is 69.8 Å². The number of nitrogens with one attached hydrogen (secondary N) is 1. The van der Waals surface area contributed by atoms with Crippen molar-refractivity contribution in [3.8, 4) is 11.3 Å². The van der Waals surface area contributed by atoms with Gasteiger partial charge in [0.1, 0.15) is 11.6 Å². The van der Waals surface area contributed by atoms with Gasteiger partial charge in [-0.25, -0.2) is 4.98 Å². The van der Waals surface area contributed by atoms with E-state index < -0.39 is 0 Å². The van der Waals surface area contributed by atoms with Crippen molar-refractivity contribution in [2.75, 3.05) is 0 Å². The van der Waals surface area contributed by atoms with E-state index in [1.165, 1.54) is 0 Å². The molecule has 2 aromatic rings. The molecule has 23 heavy (non-hydrogen) atoms. The Morgan fingerprint density at radius 1 is 1.35 bits per heavy atom. The third kappa shape index (κ3) is 4.75. The Morgan fingerprint density at radius 2 is 2.13 bits per heavy atom. The molecular formula is C18H18Cl2N2O. The van der Waals surface area contributed by atoms with E-state index in [2.05, 4.69) is 9.97 Å². The van der Waals surface area contributed by atoms with Crippen LogP contribution in [0.5, 0.6) is 0 Å². The zero-order valence-corrected chi connectivity index (χ0v) is 14.5. The predicted octanol–water partition coefficient (Wildman–Crippen LogP) is 6.19. The SMILES string of the molecule is C/C=C(O)\C(C)=C/C/C=C/c1ncc(-c2ccc(Cl)cc2Cl)[nH]1. The van der Waals surface area contributed by atoms with Gasteiger partial charge in [0.25, 0.3) is 0 Å². The first-order valence-electron chi connectivity index (χ1n) is 7.20. The number of rotatable bonds is 5. The second kappa shape index (κ2) is 8.04. The number of hydrogen-bond donors (Lipinski definition) is 2. The Bertz CT molecular complexity index is 773. The minimum Gasteiger partial charge on any atom is -0.508 e. The topological polar surface area (TPSA) is 48.9 Å². The fourth-order valence-corrected chi connectivity index (χ4v) is 2.53. The van der Waals surface area contributed by atoms with Gasteiger partial charge in [0.05, 0.1) is 16.9 Å². The fourth-order valence-electron chi connectivity index (χ4n) is 2.02. The van der Waals surface area contributed by atoms with Gasteiger partial charge in [-0.15, -0.1) is 0 Å². The molecule has 0 radical (unpaired) electrons. The van der Waals surface area contributed by atoms with Crippen LogP contribution in [0.25, 0.3) is 17.3 Å². The summed E-state index contributed by atoms with van der Waals surface area (Å²) >= 11 is 12.1. The molecule has 0 bridgehead atoms. The lowest BCUT2D eigenvalue weighted by Gasteiger charge is -2.01. The molecule has 3 nitrogen and oxygen atoms in total. The van der Waals surface area contributed by atoms with Crippen molar-refractivity contribution in [1.82, 2.24) is 9.97 Å². The number of H-pyrrole nitrogens is 1. The summed E-state index contributed by atoms with van der Waals surface area (Å²) < 4.78 is 0. The Kier molecular flexibility index (Phi) is 6.08. The molecule has 2 rings (SSSR count). The van der Waals surface area contributed by atoms with Gasteiger partial charge in [0, 0.05) is 10.6 Å². The van der Waals surface area contributed by atoms with E-state index in [9.17, 15) is 5.11 Å². The number of aromatic nitrogens is 2. The van der Waals surface area contributed by atoms with Gasteiger partial charge in [0.15, 0.2) is 0 Å². The molecular weight excluding hydrogens is 331 g/mol. The number of aliphatic hydroxyl groups excluding tert-OH is 1. The highest BCUT2D eigenvalue weighted by Gasteiger charge is 2.06. The Balaban J connectivity index is 2.07. The second-order valence-electron chi connectivity index (χ2n) is 5.01. The van der Waals surface area contributed by atoms with Crippen LogP contribution in [-0.4, -0.2) is 15.1 Å². The van der Waals surface area contributed by atoms with Crippen LogP contribution in [0.2, 0.25) is 10.0 Å². The van der Waals surface area contributed by atoms with Gasteiger partial charge in [-0.2, -0.15) is 0 Å². The molecule has 0 aliphatic heterocycles. The first-order chi connectivity index (χ1) is 11.0. The van der Waals surface area contributed by atoms with Crippen molar-refractivity contribution in [2.45, 2.75) is 20.3 Å². The van der Waals surface area contributed by atoms with Gasteiger partial charge < -0.3 is 10.1 Å². The van der Waals surface area contributed by atoms with E-state index in [4.69, 9.17) is 23.2 Å². The summed E-state index contributed by atoms with van der Waals surface area (Å²) in [4.78, 5) is 7.51. The highest BCUT2D eigenvalue weighted by Crippen LogP contribution is 2.29. The summed E-state index contributed by atoms with van der Waals surface area (Å²) in [5.74, 6) is 1.04. The van der Waals surface area contributed by atoms with Crippen molar-refractivity contribution < 1.29 is 5.11 Å². The summed E-state index contributed by atoms with van der Waals surface area (Å²) in [6.45, 7) is 3.67. The van der Waals surface area contributed by atoms with Gasteiger partial charge in [0.2, 0.25) is 0 Å². The Hall–Kier alpha value is -1.97. The summed E-state index contributed by atoms with van der Waals surface area (Å²) in [6.07, 6.45) is 9.93. The highest BCUT2D eigenvalue weighted by molar-refractivity contribution is 6.36. The average Bonchev–Trinajstić information content (AvgIpc) is 2.99. The molecule has 0 saturated carbocycles. The van der Waals surface area contributed by atoms with Crippen LogP contribution < -0.4 is 0 Å². The van der Waals surface area contributed by atoms with E-state index in [1.54, 1.807) is 31.3 Å². The number of allylic oxidation sites excluding steroid dienone is 4. The van der Waals surface area contributed by atoms with Crippen LogP contribution in [-0.2, 0) is 0 Å². The molecule has 0 fully saturated rings. The molecule has 0 atom stereocenters. The molecule has 120 valence electrons. The van der Waals surface area contributed by atoms with Crippen LogP contribution in [0.15, 0.2) is 54.0 Å². The molecule has 0 aliphatic carbocycles. The Labute approximate surface area is 146 Å². The van der Waals surface area contributed by atoms with Gasteiger partial charge in [-0.1, -0.05) is 35.4 Å². The number of aromatic amines is 1. The maximum Gasteiger partial charge on any atom is 0.130 e. The number of halogens is 2. The predicted molar refractivity (Wildman–Crippen MR) is 97.8 cm³/mol. The lowest BCUT2D eigenvalue weighted by Crippen LogP contribution is -1.82. The third-order valence-corrected chi connectivity index (χ3v) is 3.88. The first-order valence-corrected chi connectivity index (χ1v) is 7.96. The van der Waals surface area contributed by atoms with Gasteiger partial charge in [-0.3, -0.25) is 0 Å². The molecule has 0 unspecified atom stereocenters. The van der Waals surface area contributed by atoms with Crippen LogP contribution in [0.4, 0.5) is 0 Å². The standard InChI is InChI=1S/C18H18Cl2N2O/c1-3-17(23)12(2)6-4-5-7-18-21-11-16(22-18)14-9-8-13(19)10-15(14)20/h3,5-11,23H,4H2,1-2H3,(H,21,22)/b7-5+,12-6-,17-3+. The monoisotopic (exact) mass is 348 g/mol. The molecule has 0 saturated heterocycles. The summed E-state index contributed by atoms with van der Waals surface area (Å²) in [5.41, 5.74) is 2.55. The maximum atomic E-state index is 9.55. The molecule has 0 spiro atoms. The zero-order chi connectivity index (χ0) is 16.8. The third-order valence-electron chi connectivity index (χ3n) is 3.33. The highest BCUT2D eigenvalue weighted by atomic mass is 35.5. The number of aliphatic hydroxyl groups is 1. The van der Waals surface area contributed by atoms with Crippen LogP contribution in [0.1, 0.15) is 26.1 Å². The number of benzene rings is 1. The second-order valence-corrected chi connectivity index (χ2v) is 5.85. The van der Waals surface area contributed by atoms with Crippen molar-refractivity contribution in [1.29, 1.82) is 0 Å². The van der Waals surface area contributed by atoms with Crippen molar-refractivity contribution >= 4 is 29.3 Å². The molecule has 1 heterocycles. The quantitative estimate of drug-likeness (QED) is 0.499. The molecule has 5 heteroatoms. The Morgan fingerprint density at radius 3 is 2.83 bits per heavy atom. The van der Waals surface area contributed by atoms with Crippen LogP contribution in [0, 0.1) is 0 Å². The van der Waals surface area contributed by atoms with E-state index in [0.717, 1.165) is 22.7 Å². The first kappa shape index (κ1) is 17.4. The number of imidazole rings is 1. The number of hydrogen-bond acceptors (Lipinski definition) is 2. The van der Waals surface area contributed by atoms with E-state index in [0.29, 0.717) is 22.2 Å². The molecule has 1 aromatic carbocycles. The minimum absolute atomic E-state index is 0.302. The van der Waals surface area contributed by atoms with E-state index in [-0.39, 0.29) is 0 Å². The van der Waals surface area contributed by atoms with Crippen molar-refractivity contribution in [3.63, 3.8) is 0 Å². The smallest absolute Gasteiger partial charge is 0.130 e. The fraction of sp³-hybridized carbons (Fsp3) is 0.167. The average molecular weight is 349 g/mol. The van der Waals surface area contributed by atoms with Crippen LogP contribution in [0.3, 0.4) is 0 Å². The summed E-state index contributed by atoms with van der Waals surface area (Å²) in [5, 5.41) is 10.7. The van der Waals surface area contributed by atoms with E-state index >= 15 is 0 Å². The summed E-state index contributed by atoms with van der Waals surface area (Å²) in [7, 11) is 0. The van der Waals surface area contributed by atoms with Crippen molar-refractivity contribution in [2.24, 2.45) is 0 Å². The summed E-state index contributed by atoms with van der Waals surface area (Å²) in [6, 6.07) is 5.36. The normalized spacial score (nSPS) is 13.0. The lowest BCUT2D eigenvalue weighted by molar-refractivity contribution is 0.422. The zero-order valence-electron chi connectivity index (χ0n) is 13.0. The minimum atomic E-state index is 0.302. The molecule has 0 aliphatic rings. The van der Waals surface area contributed by atoms with Gasteiger partial charge in [-0.05, 0) is 56.2 Å². The maximum absolute atomic E-state index is 9.55. The lowest BCUT2D eigenvalue weighted by atomic mass is 10.2. The van der Waals surface area contributed by atoms with E-state index in [1.807, 2.05) is 31.2 Å². The van der Waals surface area contributed by atoms with Gasteiger partial charge >= 0.3 is 0 Å². The molecule has 1 aromatic heterocycles. The molecule has 2 N–H and O–H groups in total. The molecule has 0 amide bonds.